The third-order valence-electron chi connectivity index (χ3n) is 3.85. The molecule has 0 unspecified atom stereocenters. The van der Waals surface area contributed by atoms with Gasteiger partial charge in [0.25, 0.3) is 0 Å². The zero-order valence-corrected chi connectivity index (χ0v) is 16.3. The highest BCUT2D eigenvalue weighted by Gasteiger charge is 2.30. The standard InChI is InChI=1S/C20H15BrF4N2O/c1-13-9-19(26-27(13)12-15-3-2-4-16(21)10-15)18(22)11-14-5-7-17(8-6-14)28-20(23,24)25/h2-11H,12H2,1H3/b18-11-. The smallest absolute Gasteiger partial charge is 0.406 e. The number of aryl methyl sites for hydroxylation is 1. The van der Waals surface area contributed by atoms with E-state index in [1.165, 1.54) is 18.2 Å². The van der Waals surface area contributed by atoms with Crippen molar-refractivity contribution in [3.63, 3.8) is 0 Å². The Kier molecular flexibility index (Phi) is 5.88. The first-order chi connectivity index (χ1) is 13.2. The second-order valence-corrected chi connectivity index (χ2v) is 6.98. The van der Waals surface area contributed by atoms with Crippen LogP contribution < -0.4 is 4.74 Å². The molecule has 0 saturated carbocycles. The molecule has 0 aliphatic carbocycles. The van der Waals surface area contributed by atoms with Crippen LogP contribution in [0.1, 0.15) is 22.5 Å². The predicted molar refractivity (Wildman–Crippen MR) is 102 cm³/mol. The van der Waals surface area contributed by atoms with Crippen molar-refractivity contribution in [2.45, 2.75) is 19.8 Å². The van der Waals surface area contributed by atoms with Gasteiger partial charge < -0.3 is 4.74 Å². The van der Waals surface area contributed by atoms with E-state index < -0.39 is 12.2 Å². The molecule has 0 radical (unpaired) electrons. The highest BCUT2D eigenvalue weighted by Crippen LogP contribution is 2.25. The lowest BCUT2D eigenvalue weighted by atomic mass is 10.2. The van der Waals surface area contributed by atoms with E-state index in [2.05, 4.69) is 25.8 Å². The zero-order valence-electron chi connectivity index (χ0n) is 14.7. The van der Waals surface area contributed by atoms with Crippen molar-refractivity contribution in [3.05, 3.63) is 81.6 Å². The number of ether oxygens (including phenoxy) is 1. The van der Waals surface area contributed by atoms with E-state index in [1.54, 1.807) is 10.7 Å². The van der Waals surface area contributed by atoms with E-state index in [9.17, 15) is 17.6 Å². The molecule has 0 saturated heterocycles. The van der Waals surface area contributed by atoms with Gasteiger partial charge in [0.15, 0.2) is 5.83 Å². The molecule has 0 atom stereocenters. The highest BCUT2D eigenvalue weighted by atomic mass is 79.9. The van der Waals surface area contributed by atoms with Crippen LogP contribution in [0.3, 0.4) is 0 Å². The Morgan fingerprint density at radius 3 is 2.50 bits per heavy atom. The summed E-state index contributed by atoms with van der Waals surface area (Å²) in [5.74, 6) is -0.945. The van der Waals surface area contributed by atoms with Crippen LogP contribution in [0.25, 0.3) is 11.9 Å². The zero-order chi connectivity index (χ0) is 20.3. The molecule has 1 heterocycles. The fourth-order valence-corrected chi connectivity index (χ4v) is 3.03. The van der Waals surface area contributed by atoms with Crippen LogP contribution in [0.15, 0.2) is 59.1 Å². The Balaban J connectivity index is 1.76. The maximum Gasteiger partial charge on any atom is 0.573 e. The summed E-state index contributed by atoms with van der Waals surface area (Å²) in [7, 11) is 0. The Hall–Kier alpha value is -2.61. The van der Waals surface area contributed by atoms with Crippen molar-refractivity contribution in [1.82, 2.24) is 9.78 Å². The maximum atomic E-state index is 14.6. The number of halogens is 5. The van der Waals surface area contributed by atoms with Gasteiger partial charge in [0.05, 0.1) is 6.54 Å². The van der Waals surface area contributed by atoms with Gasteiger partial charge in [0, 0.05) is 10.2 Å². The highest BCUT2D eigenvalue weighted by molar-refractivity contribution is 9.10. The lowest BCUT2D eigenvalue weighted by Gasteiger charge is -2.08. The van der Waals surface area contributed by atoms with Crippen LogP contribution >= 0.6 is 15.9 Å². The van der Waals surface area contributed by atoms with Gasteiger partial charge in [0.1, 0.15) is 11.4 Å². The van der Waals surface area contributed by atoms with Gasteiger partial charge in [-0.25, -0.2) is 4.39 Å². The van der Waals surface area contributed by atoms with E-state index in [1.807, 2.05) is 31.2 Å². The quantitative estimate of drug-likeness (QED) is 0.418. The average molecular weight is 455 g/mol. The molecule has 3 rings (SSSR count). The fraction of sp³-hybridized carbons (Fsp3) is 0.150. The normalized spacial score (nSPS) is 12.3. The van der Waals surface area contributed by atoms with Gasteiger partial charge in [-0.15, -0.1) is 13.2 Å². The topological polar surface area (TPSA) is 27.1 Å². The number of aromatic nitrogens is 2. The number of hydrogen-bond donors (Lipinski definition) is 0. The van der Waals surface area contributed by atoms with E-state index in [0.29, 0.717) is 12.1 Å². The number of alkyl halides is 3. The summed E-state index contributed by atoms with van der Waals surface area (Å²) >= 11 is 3.41. The van der Waals surface area contributed by atoms with Crippen molar-refractivity contribution >= 4 is 27.8 Å². The minimum Gasteiger partial charge on any atom is -0.406 e. The van der Waals surface area contributed by atoms with Crippen LogP contribution in [0.5, 0.6) is 5.75 Å². The van der Waals surface area contributed by atoms with Crippen molar-refractivity contribution in [3.8, 4) is 5.75 Å². The van der Waals surface area contributed by atoms with Gasteiger partial charge in [-0.05, 0) is 54.5 Å². The molecule has 1 aromatic heterocycles. The Morgan fingerprint density at radius 1 is 1.14 bits per heavy atom. The maximum absolute atomic E-state index is 14.6. The SMILES string of the molecule is Cc1cc(/C(F)=C/c2ccc(OC(F)(F)F)cc2)nn1Cc1cccc(Br)c1. The Labute approximate surface area is 167 Å². The summed E-state index contributed by atoms with van der Waals surface area (Å²) in [5.41, 5.74) is 2.35. The molecular weight excluding hydrogens is 440 g/mol. The minimum absolute atomic E-state index is 0.156. The predicted octanol–water partition coefficient (Wildman–Crippen LogP) is 6.37. The first-order valence-electron chi connectivity index (χ1n) is 8.22. The molecule has 0 aliphatic heterocycles. The van der Waals surface area contributed by atoms with Gasteiger partial charge >= 0.3 is 6.36 Å². The molecule has 8 heteroatoms. The molecule has 0 N–H and O–H groups in total. The monoisotopic (exact) mass is 454 g/mol. The molecule has 2 aromatic carbocycles. The van der Waals surface area contributed by atoms with Crippen LogP contribution in [-0.2, 0) is 6.54 Å². The number of rotatable bonds is 5. The largest absolute Gasteiger partial charge is 0.573 e. The average Bonchev–Trinajstić information content (AvgIpc) is 2.96. The summed E-state index contributed by atoms with van der Waals surface area (Å²) in [5, 5.41) is 4.28. The Morgan fingerprint density at radius 2 is 1.86 bits per heavy atom. The molecule has 3 aromatic rings. The fourth-order valence-electron chi connectivity index (χ4n) is 2.58. The molecule has 0 amide bonds. The second kappa shape index (κ2) is 8.18. The first kappa shape index (κ1) is 20.1. The van der Waals surface area contributed by atoms with E-state index in [4.69, 9.17) is 0 Å². The molecular formula is C20H15BrF4N2O. The van der Waals surface area contributed by atoms with E-state index >= 15 is 0 Å². The summed E-state index contributed by atoms with van der Waals surface area (Å²) in [6.07, 6.45) is -3.55. The molecule has 0 spiro atoms. The van der Waals surface area contributed by atoms with Gasteiger partial charge in [-0.1, -0.05) is 40.2 Å². The van der Waals surface area contributed by atoms with Crippen LogP contribution in [0.2, 0.25) is 0 Å². The minimum atomic E-state index is -4.76. The number of nitrogens with zero attached hydrogens (tertiary/aromatic N) is 2. The first-order valence-corrected chi connectivity index (χ1v) is 9.01. The molecule has 28 heavy (non-hydrogen) atoms. The summed E-state index contributed by atoms with van der Waals surface area (Å²) < 4.78 is 57.5. The van der Waals surface area contributed by atoms with Crippen molar-refractivity contribution in [1.29, 1.82) is 0 Å². The van der Waals surface area contributed by atoms with Gasteiger partial charge in [0.2, 0.25) is 0 Å². The lowest BCUT2D eigenvalue weighted by molar-refractivity contribution is -0.274. The molecule has 0 aliphatic rings. The lowest BCUT2D eigenvalue weighted by Crippen LogP contribution is -2.16. The molecule has 3 nitrogen and oxygen atoms in total. The van der Waals surface area contributed by atoms with E-state index in [0.717, 1.165) is 27.9 Å². The molecule has 0 fully saturated rings. The van der Waals surface area contributed by atoms with Crippen molar-refractivity contribution < 1.29 is 22.3 Å². The van der Waals surface area contributed by atoms with Gasteiger partial charge in [-0.3, -0.25) is 4.68 Å². The van der Waals surface area contributed by atoms with Crippen molar-refractivity contribution in [2.75, 3.05) is 0 Å². The molecule has 146 valence electrons. The Bertz CT molecular complexity index is 994. The van der Waals surface area contributed by atoms with Crippen LogP contribution in [0.4, 0.5) is 17.6 Å². The van der Waals surface area contributed by atoms with Crippen molar-refractivity contribution in [2.24, 2.45) is 0 Å². The van der Waals surface area contributed by atoms with E-state index in [-0.39, 0.29) is 11.4 Å². The third-order valence-corrected chi connectivity index (χ3v) is 4.35. The summed E-state index contributed by atoms with van der Waals surface area (Å²) in [6, 6.07) is 14.3. The number of benzene rings is 2. The van der Waals surface area contributed by atoms with Crippen LogP contribution in [-0.4, -0.2) is 16.1 Å². The summed E-state index contributed by atoms with van der Waals surface area (Å²) in [6.45, 7) is 2.31. The second-order valence-electron chi connectivity index (χ2n) is 6.07. The van der Waals surface area contributed by atoms with Gasteiger partial charge in [-0.2, -0.15) is 5.10 Å². The number of hydrogen-bond acceptors (Lipinski definition) is 2. The third kappa shape index (κ3) is 5.45. The molecule has 0 bridgehead atoms. The summed E-state index contributed by atoms with van der Waals surface area (Å²) in [4.78, 5) is 0. The van der Waals surface area contributed by atoms with Crippen LogP contribution in [0, 0.1) is 6.92 Å².